The zero-order valence-electron chi connectivity index (χ0n) is 28.9. The molecule has 4 saturated heterocycles. The summed E-state index contributed by atoms with van der Waals surface area (Å²) in [6.07, 6.45) is 6.59. The zero-order valence-corrected chi connectivity index (χ0v) is 29.7. The fourth-order valence-electron chi connectivity index (χ4n) is 7.20. The monoisotopic (exact) mass is 722 g/mol. The van der Waals surface area contributed by atoms with E-state index in [1.54, 1.807) is 24.0 Å². The summed E-state index contributed by atoms with van der Waals surface area (Å²) >= 11 is 1.75. The zero-order chi connectivity index (χ0) is 35.2. The predicted molar refractivity (Wildman–Crippen MR) is 195 cm³/mol. The van der Waals surface area contributed by atoms with Crippen molar-refractivity contribution in [2.45, 2.75) is 55.6 Å². The number of hydrogen-bond donors (Lipinski definition) is 3. The fraction of sp³-hybridized carbons (Fsp3) is 0.583. The number of imide groups is 1. The van der Waals surface area contributed by atoms with E-state index in [1.807, 2.05) is 12.1 Å². The van der Waals surface area contributed by atoms with Crippen LogP contribution in [0.25, 0.3) is 10.9 Å². The number of piperazine rings is 1. The average molecular weight is 723 g/mol. The van der Waals surface area contributed by atoms with Gasteiger partial charge >= 0.3 is 0 Å². The number of amides is 2. The van der Waals surface area contributed by atoms with Gasteiger partial charge in [0.05, 0.1) is 29.8 Å². The number of H-pyrrole nitrogens is 1. The van der Waals surface area contributed by atoms with Crippen LogP contribution in [0.3, 0.4) is 0 Å². The topological polar surface area (TPSA) is 145 Å². The van der Waals surface area contributed by atoms with Crippen molar-refractivity contribution in [3.8, 4) is 5.75 Å². The quantitative estimate of drug-likeness (QED) is 0.237. The second-order valence-corrected chi connectivity index (χ2v) is 15.2. The highest BCUT2D eigenvalue weighted by Gasteiger charge is 2.27. The standard InChI is InChI=1S/C36H47FN8O5S/c37-28-19-26(20-30-34(28)36(48)41-31(40-30)23-51-27-7-17-49-18-8-27)50-22-24-5-9-43(10-6-24)11-12-44-13-15-45(16-14-44)32-3-1-25(21-38-32)39-29-2-4-33(46)42-35(29)47/h1,3,19-21,24,27,29,39H,2,4-18,22-23H2,(H,40,41,48)(H,42,46,47). The van der Waals surface area contributed by atoms with Gasteiger partial charge in [0.25, 0.3) is 5.56 Å². The van der Waals surface area contributed by atoms with Crippen molar-refractivity contribution in [1.29, 1.82) is 0 Å². The predicted octanol–water partition coefficient (Wildman–Crippen LogP) is 3.00. The summed E-state index contributed by atoms with van der Waals surface area (Å²) < 4.78 is 26.5. The second kappa shape index (κ2) is 16.7. The molecule has 4 aliphatic heterocycles. The van der Waals surface area contributed by atoms with Crippen LogP contribution in [-0.2, 0) is 20.1 Å². The van der Waals surface area contributed by atoms with Crippen LogP contribution < -0.4 is 25.8 Å². The molecule has 1 aromatic carbocycles. The van der Waals surface area contributed by atoms with E-state index in [2.05, 4.69) is 40.3 Å². The van der Waals surface area contributed by atoms with Gasteiger partial charge in [0.15, 0.2) is 0 Å². The third-order valence-corrected chi connectivity index (χ3v) is 11.7. The van der Waals surface area contributed by atoms with E-state index in [0.29, 0.717) is 53.5 Å². The van der Waals surface area contributed by atoms with Crippen molar-refractivity contribution >= 4 is 46.0 Å². The third kappa shape index (κ3) is 9.36. The van der Waals surface area contributed by atoms with E-state index in [4.69, 9.17) is 9.47 Å². The Hall–Kier alpha value is -3.79. The van der Waals surface area contributed by atoms with E-state index in [9.17, 15) is 18.8 Å². The first-order valence-electron chi connectivity index (χ1n) is 18.2. The Morgan fingerprint density at radius 2 is 1.73 bits per heavy atom. The molecule has 1 unspecified atom stereocenters. The second-order valence-electron chi connectivity index (χ2n) is 13.9. The highest BCUT2D eigenvalue weighted by Crippen LogP contribution is 2.27. The van der Waals surface area contributed by atoms with Gasteiger partial charge in [-0.15, -0.1) is 0 Å². The summed E-state index contributed by atoms with van der Waals surface area (Å²) in [6.45, 7) is 9.85. The van der Waals surface area contributed by atoms with Crippen molar-refractivity contribution in [3.63, 3.8) is 0 Å². The molecule has 274 valence electrons. The van der Waals surface area contributed by atoms with E-state index in [-0.39, 0.29) is 17.2 Å². The number of anilines is 2. The molecule has 0 saturated carbocycles. The minimum Gasteiger partial charge on any atom is -0.493 e. The van der Waals surface area contributed by atoms with Gasteiger partial charge in [-0.2, -0.15) is 11.8 Å². The van der Waals surface area contributed by atoms with Crippen LogP contribution in [0.15, 0.2) is 35.3 Å². The van der Waals surface area contributed by atoms with Crippen molar-refractivity contribution < 1.29 is 23.5 Å². The largest absolute Gasteiger partial charge is 0.493 e. The number of hydrogen-bond acceptors (Lipinski definition) is 12. The van der Waals surface area contributed by atoms with Crippen LogP contribution in [0.4, 0.5) is 15.9 Å². The lowest BCUT2D eigenvalue weighted by Gasteiger charge is -2.37. The fourth-order valence-corrected chi connectivity index (χ4v) is 8.26. The maximum Gasteiger partial charge on any atom is 0.261 e. The van der Waals surface area contributed by atoms with Crippen molar-refractivity contribution in [2.75, 3.05) is 82.4 Å². The Labute approximate surface area is 301 Å². The summed E-state index contributed by atoms with van der Waals surface area (Å²) in [5.41, 5.74) is 0.649. The number of likely N-dealkylation sites (tertiary alicyclic amines) is 1. The Kier molecular flexibility index (Phi) is 11.7. The number of thioether (sulfide) groups is 1. The highest BCUT2D eigenvalue weighted by atomic mass is 32.2. The molecule has 2 amide bonds. The summed E-state index contributed by atoms with van der Waals surface area (Å²) in [4.78, 5) is 55.4. The lowest BCUT2D eigenvalue weighted by atomic mass is 9.98. The molecular weight excluding hydrogens is 676 g/mol. The van der Waals surface area contributed by atoms with Gasteiger partial charge in [-0.25, -0.2) is 14.4 Å². The number of ether oxygens (including phenoxy) is 2. The van der Waals surface area contributed by atoms with Gasteiger partial charge in [0, 0.05) is 76.3 Å². The number of nitrogens with one attached hydrogen (secondary N) is 3. The van der Waals surface area contributed by atoms with E-state index in [1.165, 1.54) is 6.07 Å². The number of aromatic amines is 1. The first-order chi connectivity index (χ1) is 24.9. The van der Waals surface area contributed by atoms with E-state index in [0.717, 1.165) is 103 Å². The smallest absolute Gasteiger partial charge is 0.261 e. The maximum absolute atomic E-state index is 15.0. The van der Waals surface area contributed by atoms with Crippen LogP contribution in [0.2, 0.25) is 0 Å². The molecule has 51 heavy (non-hydrogen) atoms. The number of benzene rings is 1. The molecule has 1 atom stereocenters. The number of pyridine rings is 1. The van der Waals surface area contributed by atoms with Gasteiger partial charge < -0.3 is 29.6 Å². The minimum atomic E-state index is -0.607. The molecule has 0 aliphatic carbocycles. The number of carbonyl (C=O) groups excluding carboxylic acids is 2. The molecule has 4 aliphatic rings. The Morgan fingerprint density at radius 1 is 0.961 bits per heavy atom. The van der Waals surface area contributed by atoms with Crippen LogP contribution in [0.5, 0.6) is 5.75 Å². The molecule has 3 aromatic rings. The lowest BCUT2D eigenvalue weighted by Crippen LogP contribution is -2.49. The molecule has 0 radical (unpaired) electrons. The molecule has 0 spiro atoms. The number of nitrogens with zero attached hydrogens (tertiary/aromatic N) is 5. The van der Waals surface area contributed by atoms with Gasteiger partial charge in [0.2, 0.25) is 11.8 Å². The molecule has 7 rings (SSSR count). The van der Waals surface area contributed by atoms with Gasteiger partial charge in [0.1, 0.15) is 34.6 Å². The van der Waals surface area contributed by atoms with Crippen molar-refractivity contribution in [2.24, 2.45) is 5.92 Å². The number of carbonyl (C=O) groups is 2. The van der Waals surface area contributed by atoms with Crippen LogP contribution in [0, 0.1) is 11.7 Å². The molecule has 0 bridgehead atoms. The van der Waals surface area contributed by atoms with Crippen LogP contribution in [0.1, 0.15) is 44.3 Å². The summed E-state index contributed by atoms with van der Waals surface area (Å²) in [5.74, 6) is 1.73. The lowest BCUT2D eigenvalue weighted by molar-refractivity contribution is -0.133. The number of aromatic nitrogens is 3. The molecular formula is C36H47FN8O5S. The molecule has 2 aromatic heterocycles. The first kappa shape index (κ1) is 35.6. The van der Waals surface area contributed by atoms with Crippen LogP contribution in [-0.4, -0.2) is 120 Å². The van der Waals surface area contributed by atoms with E-state index < -0.39 is 17.4 Å². The molecule has 15 heteroatoms. The molecule has 13 nitrogen and oxygen atoms in total. The number of halogens is 1. The molecule has 4 fully saturated rings. The summed E-state index contributed by atoms with van der Waals surface area (Å²) in [5, 5.41) is 6.00. The van der Waals surface area contributed by atoms with Gasteiger partial charge in [-0.3, -0.25) is 24.6 Å². The minimum absolute atomic E-state index is 0.0243. The first-order valence-corrected chi connectivity index (χ1v) is 19.2. The van der Waals surface area contributed by atoms with Gasteiger partial charge in [-0.1, -0.05) is 0 Å². The summed E-state index contributed by atoms with van der Waals surface area (Å²) in [6, 6.07) is 6.50. The normalized spacial score (nSPS) is 21.6. The third-order valence-electron chi connectivity index (χ3n) is 10.4. The van der Waals surface area contributed by atoms with Crippen molar-refractivity contribution in [3.05, 3.63) is 52.5 Å². The Balaban J connectivity index is 0.810. The Morgan fingerprint density at radius 3 is 2.45 bits per heavy atom. The average Bonchev–Trinajstić information content (AvgIpc) is 3.14. The highest BCUT2D eigenvalue weighted by molar-refractivity contribution is 7.99. The van der Waals surface area contributed by atoms with E-state index >= 15 is 0 Å². The number of rotatable bonds is 12. The molecule has 6 heterocycles. The maximum atomic E-state index is 15.0. The molecule has 3 N–H and O–H groups in total. The van der Waals surface area contributed by atoms with Crippen LogP contribution >= 0.6 is 11.8 Å². The van der Waals surface area contributed by atoms with Gasteiger partial charge in [-0.05, 0) is 63.2 Å². The summed E-state index contributed by atoms with van der Waals surface area (Å²) in [7, 11) is 0. The Bertz CT molecular complexity index is 1720. The van der Waals surface area contributed by atoms with Crippen molar-refractivity contribution in [1.82, 2.24) is 30.1 Å². The SMILES string of the molecule is O=C1CCC(Nc2ccc(N3CCN(CCN4CCC(COc5cc(F)c6c(=O)[nH]c(CSC7CCOCC7)nc6c5)CC4)CC3)nc2)C(=O)N1. The number of piperidine rings is 2. The number of fused-ring (bicyclic) bond motifs is 1.